The fourth-order valence-electron chi connectivity index (χ4n) is 1.36. The molecule has 2 rings (SSSR count). The van der Waals surface area contributed by atoms with Crippen molar-refractivity contribution >= 4 is 23.8 Å². The Labute approximate surface area is 103 Å². The Balaban J connectivity index is 1.71. The van der Waals surface area contributed by atoms with Crippen molar-refractivity contribution in [1.82, 2.24) is 9.36 Å². The molecule has 84 valence electrons. The average Bonchev–Trinajstić information content (AvgIpc) is 2.72. The van der Waals surface area contributed by atoms with E-state index in [1.54, 1.807) is 0 Å². The fourth-order valence-corrected chi connectivity index (χ4v) is 2.12. The minimum absolute atomic E-state index is 0.489. The van der Waals surface area contributed by atoms with Crippen LogP contribution in [-0.2, 0) is 6.42 Å². The fraction of sp³-hybridized carbons (Fsp3) is 0.273. The number of H-pyrrole nitrogens is 1. The maximum atomic E-state index is 5.46. The third-order valence-corrected chi connectivity index (χ3v) is 3.10. The van der Waals surface area contributed by atoms with Gasteiger partial charge in [0.2, 0.25) is 4.77 Å². The number of ether oxygens (including phenoxy) is 1. The van der Waals surface area contributed by atoms with Crippen LogP contribution in [0.3, 0.4) is 0 Å². The lowest BCUT2D eigenvalue weighted by molar-refractivity contribution is 0.309. The van der Waals surface area contributed by atoms with Gasteiger partial charge in [0.25, 0.3) is 5.19 Å². The summed E-state index contributed by atoms with van der Waals surface area (Å²) in [7, 11) is 0. The number of rotatable bonds is 5. The third-order valence-electron chi connectivity index (χ3n) is 2.10. The minimum Gasteiger partial charge on any atom is -0.469 e. The van der Waals surface area contributed by atoms with Crippen LogP contribution < -0.4 is 4.74 Å². The first-order chi connectivity index (χ1) is 7.84. The second-order valence-electron chi connectivity index (χ2n) is 3.32. The molecular formula is C11H12N2OS2. The highest BCUT2D eigenvalue weighted by Crippen LogP contribution is 2.12. The van der Waals surface area contributed by atoms with Gasteiger partial charge < -0.3 is 4.74 Å². The van der Waals surface area contributed by atoms with Crippen LogP contribution in [0.5, 0.6) is 5.19 Å². The molecule has 1 aromatic heterocycles. The number of hydrogen-bond acceptors (Lipinski definition) is 4. The van der Waals surface area contributed by atoms with Crippen LogP contribution in [0.15, 0.2) is 30.3 Å². The van der Waals surface area contributed by atoms with Gasteiger partial charge in [0.15, 0.2) is 0 Å². The molecule has 2 aromatic rings. The van der Waals surface area contributed by atoms with Gasteiger partial charge in [0, 0.05) is 0 Å². The van der Waals surface area contributed by atoms with Crippen LogP contribution in [0, 0.1) is 4.77 Å². The van der Waals surface area contributed by atoms with E-state index < -0.39 is 0 Å². The zero-order valence-electron chi connectivity index (χ0n) is 8.68. The Hall–Kier alpha value is -1.20. The molecule has 16 heavy (non-hydrogen) atoms. The number of nitrogens with zero attached hydrogens (tertiary/aromatic N) is 1. The first-order valence-corrected chi connectivity index (χ1v) is 6.29. The van der Waals surface area contributed by atoms with Crippen molar-refractivity contribution in [1.29, 1.82) is 0 Å². The van der Waals surface area contributed by atoms with Crippen molar-refractivity contribution in [3.63, 3.8) is 0 Å². The second-order valence-corrected chi connectivity index (χ2v) is 4.47. The Morgan fingerprint density at radius 2 is 2.12 bits per heavy atom. The van der Waals surface area contributed by atoms with Crippen LogP contribution in [0.25, 0.3) is 0 Å². The molecule has 0 atom stereocenters. The third kappa shape index (κ3) is 3.43. The van der Waals surface area contributed by atoms with Crippen molar-refractivity contribution in [2.45, 2.75) is 12.8 Å². The zero-order chi connectivity index (χ0) is 11.2. The van der Waals surface area contributed by atoms with Crippen LogP contribution in [-0.4, -0.2) is 16.0 Å². The molecule has 0 unspecified atom stereocenters. The average molecular weight is 252 g/mol. The maximum absolute atomic E-state index is 5.46. The lowest BCUT2D eigenvalue weighted by Crippen LogP contribution is -1.98. The van der Waals surface area contributed by atoms with Crippen molar-refractivity contribution in [3.8, 4) is 5.19 Å². The molecule has 0 spiro atoms. The molecule has 3 nitrogen and oxygen atoms in total. The van der Waals surface area contributed by atoms with E-state index in [1.807, 2.05) is 6.07 Å². The summed E-state index contributed by atoms with van der Waals surface area (Å²) in [5, 5.41) is 0.623. The van der Waals surface area contributed by atoms with Crippen LogP contribution in [0.2, 0.25) is 0 Å². The lowest BCUT2D eigenvalue weighted by Gasteiger charge is -2.01. The lowest BCUT2D eigenvalue weighted by atomic mass is 10.1. The molecule has 1 heterocycles. The van der Waals surface area contributed by atoms with E-state index in [4.69, 9.17) is 17.0 Å². The number of aromatic amines is 1. The summed E-state index contributed by atoms with van der Waals surface area (Å²) >= 11 is 6.19. The molecule has 0 amide bonds. The highest BCUT2D eigenvalue weighted by Gasteiger charge is 1.98. The maximum Gasteiger partial charge on any atom is 0.292 e. The summed E-state index contributed by atoms with van der Waals surface area (Å²) in [6.07, 6.45) is 2.01. The first-order valence-electron chi connectivity index (χ1n) is 5.07. The number of benzene rings is 1. The Kier molecular flexibility index (Phi) is 4.07. The second kappa shape index (κ2) is 5.77. The molecule has 5 heteroatoms. The molecule has 0 saturated carbocycles. The SMILES string of the molecule is S=c1nc(OCCCc2ccccc2)s[nH]1. The minimum atomic E-state index is 0.489. The Morgan fingerprint density at radius 3 is 2.81 bits per heavy atom. The number of aromatic nitrogens is 2. The van der Waals surface area contributed by atoms with Crippen molar-refractivity contribution in [3.05, 3.63) is 40.7 Å². The summed E-state index contributed by atoms with van der Waals surface area (Å²) in [6.45, 7) is 0.672. The van der Waals surface area contributed by atoms with Gasteiger partial charge in [0.05, 0.1) is 6.61 Å². The quantitative estimate of drug-likeness (QED) is 0.656. The summed E-state index contributed by atoms with van der Waals surface area (Å²) < 4.78 is 8.79. The van der Waals surface area contributed by atoms with Gasteiger partial charge in [-0.1, -0.05) is 30.3 Å². The van der Waals surface area contributed by atoms with E-state index >= 15 is 0 Å². The van der Waals surface area contributed by atoms with Crippen molar-refractivity contribution in [2.75, 3.05) is 6.61 Å². The standard InChI is InChI=1S/C11H12N2OS2/c15-10-12-11(16-13-10)14-8-4-7-9-5-2-1-3-6-9/h1-3,5-6H,4,7-8H2,(H,13,15). The van der Waals surface area contributed by atoms with Crippen LogP contribution >= 0.6 is 23.8 Å². The molecule has 0 fully saturated rings. The van der Waals surface area contributed by atoms with Gasteiger partial charge in [-0.2, -0.15) is 4.98 Å². The monoisotopic (exact) mass is 252 g/mol. The zero-order valence-corrected chi connectivity index (χ0v) is 10.3. The van der Waals surface area contributed by atoms with E-state index in [-0.39, 0.29) is 0 Å². The predicted molar refractivity (Wildman–Crippen MR) is 67.6 cm³/mol. The van der Waals surface area contributed by atoms with Crippen LogP contribution in [0.4, 0.5) is 0 Å². The summed E-state index contributed by atoms with van der Waals surface area (Å²) in [5.74, 6) is 0. The molecule has 0 aliphatic carbocycles. The highest BCUT2D eigenvalue weighted by atomic mass is 32.1. The normalized spacial score (nSPS) is 10.2. The molecular weight excluding hydrogens is 240 g/mol. The summed E-state index contributed by atoms with van der Waals surface area (Å²) in [4.78, 5) is 4.01. The van der Waals surface area contributed by atoms with E-state index in [9.17, 15) is 0 Å². The molecule has 1 N–H and O–H groups in total. The first kappa shape index (κ1) is 11.3. The van der Waals surface area contributed by atoms with E-state index in [1.165, 1.54) is 17.1 Å². The molecule has 0 aliphatic heterocycles. The molecule has 0 radical (unpaired) electrons. The molecule has 0 aliphatic rings. The number of aryl methyl sites for hydroxylation is 1. The predicted octanol–water partition coefficient (Wildman–Crippen LogP) is 3.21. The van der Waals surface area contributed by atoms with Gasteiger partial charge in [-0.05, 0) is 42.2 Å². The highest BCUT2D eigenvalue weighted by molar-refractivity contribution is 7.71. The van der Waals surface area contributed by atoms with Gasteiger partial charge in [-0.25, -0.2) is 0 Å². The van der Waals surface area contributed by atoms with E-state index in [0.29, 0.717) is 16.6 Å². The number of nitrogens with one attached hydrogen (secondary N) is 1. The number of hydrogen-bond donors (Lipinski definition) is 1. The van der Waals surface area contributed by atoms with Gasteiger partial charge in [0.1, 0.15) is 0 Å². The Bertz CT molecular complexity index is 478. The molecule has 0 bridgehead atoms. The largest absolute Gasteiger partial charge is 0.469 e. The van der Waals surface area contributed by atoms with E-state index in [2.05, 4.69) is 33.6 Å². The van der Waals surface area contributed by atoms with Gasteiger partial charge in [-0.3, -0.25) is 4.37 Å². The van der Waals surface area contributed by atoms with Crippen LogP contribution in [0.1, 0.15) is 12.0 Å². The van der Waals surface area contributed by atoms with Crippen molar-refractivity contribution < 1.29 is 4.74 Å². The van der Waals surface area contributed by atoms with Crippen molar-refractivity contribution in [2.24, 2.45) is 0 Å². The smallest absolute Gasteiger partial charge is 0.292 e. The van der Waals surface area contributed by atoms with Gasteiger partial charge in [-0.15, -0.1) is 0 Å². The van der Waals surface area contributed by atoms with Gasteiger partial charge >= 0.3 is 0 Å². The summed E-state index contributed by atoms with van der Waals surface area (Å²) in [5.41, 5.74) is 1.33. The topological polar surface area (TPSA) is 37.9 Å². The Morgan fingerprint density at radius 1 is 1.31 bits per heavy atom. The molecule has 0 saturated heterocycles. The summed E-state index contributed by atoms with van der Waals surface area (Å²) in [6, 6.07) is 10.4. The molecule has 1 aromatic carbocycles. The van der Waals surface area contributed by atoms with E-state index in [0.717, 1.165) is 12.8 Å².